The number of carbonyl (C=O) groups is 1. The lowest BCUT2D eigenvalue weighted by molar-refractivity contribution is -0.126. The van der Waals surface area contributed by atoms with Crippen molar-refractivity contribution in [3.05, 3.63) is 86.9 Å². The number of allylic oxidation sites excluding steroid dienone is 1. The Bertz CT molecular complexity index is 2070. The minimum absolute atomic E-state index is 0.0207. The fourth-order valence-electron chi connectivity index (χ4n) is 6.01. The second-order valence-corrected chi connectivity index (χ2v) is 13.9. The standard InChI is InChI=1S/C33H34ClF2N5O4S/c1-6-8-24(42)39-13-15-40(16-14-39)31-20-17-21(34)25(26-22(35)9-7-10-23(26)37)27(36)30(20)41(33(43)32(31)46(5,44)45)29-19(4)11-12-38-28(29)18(2)3/h6-12,17-18H,13-16,37H2,1-5H3/b8-6+. The Morgan fingerprint density at radius 3 is 2.35 bits per heavy atom. The number of halogens is 3. The second-order valence-electron chi connectivity index (χ2n) is 11.6. The largest absolute Gasteiger partial charge is 0.398 e. The lowest BCUT2D eigenvalue weighted by atomic mass is 9.98. The predicted molar refractivity (Wildman–Crippen MR) is 178 cm³/mol. The first-order chi connectivity index (χ1) is 21.7. The van der Waals surface area contributed by atoms with Crippen LogP contribution in [0.3, 0.4) is 0 Å². The Balaban J connectivity index is 1.98. The molecule has 0 atom stereocenters. The van der Waals surface area contributed by atoms with Crippen LogP contribution in [0.5, 0.6) is 0 Å². The van der Waals surface area contributed by atoms with Gasteiger partial charge in [-0.2, -0.15) is 0 Å². The van der Waals surface area contributed by atoms with Gasteiger partial charge in [-0.25, -0.2) is 17.2 Å². The van der Waals surface area contributed by atoms with Crippen molar-refractivity contribution >= 4 is 49.6 Å². The minimum Gasteiger partial charge on any atom is -0.398 e. The lowest BCUT2D eigenvalue weighted by Crippen LogP contribution is -2.49. The molecule has 46 heavy (non-hydrogen) atoms. The average molecular weight is 670 g/mol. The Labute approximate surface area is 270 Å². The zero-order valence-electron chi connectivity index (χ0n) is 26.1. The molecule has 1 fully saturated rings. The molecule has 0 aliphatic carbocycles. The third kappa shape index (κ3) is 5.64. The third-order valence-corrected chi connectivity index (χ3v) is 9.50. The summed E-state index contributed by atoms with van der Waals surface area (Å²) in [5, 5.41) is -0.214. The molecule has 0 saturated carbocycles. The van der Waals surface area contributed by atoms with Crippen molar-refractivity contribution in [1.29, 1.82) is 0 Å². The van der Waals surface area contributed by atoms with Crippen molar-refractivity contribution < 1.29 is 22.0 Å². The number of piperazine rings is 1. The van der Waals surface area contributed by atoms with Gasteiger partial charge in [-0.15, -0.1) is 0 Å². The molecule has 5 rings (SSSR count). The van der Waals surface area contributed by atoms with E-state index in [2.05, 4.69) is 4.98 Å². The first-order valence-corrected chi connectivity index (χ1v) is 16.9. The monoisotopic (exact) mass is 669 g/mol. The van der Waals surface area contributed by atoms with Crippen LogP contribution in [-0.4, -0.2) is 61.2 Å². The molecule has 0 spiro atoms. The Morgan fingerprint density at radius 2 is 1.76 bits per heavy atom. The van der Waals surface area contributed by atoms with Crippen LogP contribution < -0.4 is 16.2 Å². The molecule has 1 aliphatic heterocycles. The summed E-state index contributed by atoms with van der Waals surface area (Å²) in [6, 6.07) is 6.88. The van der Waals surface area contributed by atoms with Gasteiger partial charge in [0.2, 0.25) is 5.91 Å². The minimum atomic E-state index is -4.25. The van der Waals surface area contributed by atoms with E-state index in [-0.39, 0.29) is 82.1 Å². The SMILES string of the molecule is C/C=C/C(=O)N1CCN(c2c(S(C)(=O)=O)c(=O)n(-c3c(C)ccnc3C(C)C)c3c(F)c(-c4c(N)cccc4F)c(Cl)cc23)CC1. The van der Waals surface area contributed by atoms with E-state index in [9.17, 15) is 18.0 Å². The number of nitrogen functional groups attached to an aromatic ring is 1. The van der Waals surface area contributed by atoms with Crippen LogP contribution in [0.4, 0.5) is 20.2 Å². The second kappa shape index (κ2) is 12.5. The maximum Gasteiger partial charge on any atom is 0.276 e. The van der Waals surface area contributed by atoms with Crippen molar-refractivity contribution in [3.8, 4) is 16.8 Å². The molecule has 3 heterocycles. The molecule has 1 amide bonds. The normalized spacial score (nSPS) is 14.2. The summed E-state index contributed by atoms with van der Waals surface area (Å²) >= 11 is 6.72. The number of aromatic nitrogens is 2. The Kier molecular flexibility index (Phi) is 8.98. The maximum atomic E-state index is 17.3. The quantitative estimate of drug-likeness (QED) is 0.209. The number of nitrogens with zero attached hydrogens (tertiary/aromatic N) is 4. The Hall–Kier alpha value is -4.29. The average Bonchev–Trinajstić information content (AvgIpc) is 2.98. The van der Waals surface area contributed by atoms with Gasteiger partial charge in [0.1, 0.15) is 5.82 Å². The highest BCUT2D eigenvalue weighted by Crippen LogP contribution is 2.44. The number of anilines is 2. The van der Waals surface area contributed by atoms with Crippen LogP contribution >= 0.6 is 11.6 Å². The highest BCUT2D eigenvalue weighted by atomic mass is 35.5. The van der Waals surface area contributed by atoms with Crippen LogP contribution in [0, 0.1) is 18.6 Å². The van der Waals surface area contributed by atoms with E-state index in [0.29, 0.717) is 11.3 Å². The summed E-state index contributed by atoms with van der Waals surface area (Å²) in [6.07, 6.45) is 5.53. The first-order valence-electron chi connectivity index (χ1n) is 14.7. The number of amides is 1. The zero-order valence-corrected chi connectivity index (χ0v) is 27.6. The van der Waals surface area contributed by atoms with Crippen molar-refractivity contribution in [3.63, 3.8) is 0 Å². The van der Waals surface area contributed by atoms with Gasteiger partial charge >= 0.3 is 0 Å². The van der Waals surface area contributed by atoms with Gasteiger partial charge in [-0.05, 0) is 55.7 Å². The Morgan fingerprint density at radius 1 is 1.09 bits per heavy atom. The molecule has 0 unspecified atom stereocenters. The number of nitrogens with two attached hydrogens (primary N) is 1. The van der Waals surface area contributed by atoms with Gasteiger partial charge in [0.15, 0.2) is 20.5 Å². The molecule has 2 aromatic heterocycles. The molecular weight excluding hydrogens is 636 g/mol. The number of carbonyl (C=O) groups excluding carboxylic acids is 1. The van der Waals surface area contributed by atoms with Crippen LogP contribution in [-0.2, 0) is 14.6 Å². The van der Waals surface area contributed by atoms with Gasteiger partial charge in [-0.1, -0.05) is 37.6 Å². The van der Waals surface area contributed by atoms with Crippen molar-refractivity contribution in [2.24, 2.45) is 0 Å². The molecular formula is C33H34ClF2N5O4S. The smallest absolute Gasteiger partial charge is 0.276 e. The van der Waals surface area contributed by atoms with Crippen molar-refractivity contribution in [1.82, 2.24) is 14.5 Å². The van der Waals surface area contributed by atoms with E-state index in [1.165, 1.54) is 24.3 Å². The van der Waals surface area contributed by atoms with E-state index < -0.39 is 31.9 Å². The highest BCUT2D eigenvalue weighted by molar-refractivity contribution is 7.90. The highest BCUT2D eigenvalue weighted by Gasteiger charge is 2.34. The molecule has 0 bridgehead atoms. The molecule has 0 radical (unpaired) electrons. The van der Waals surface area contributed by atoms with E-state index in [1.807, 2.05) is 13.8 Å². The first kappa shape index (κ1) is 33.1. The number of pyridine rings is 2. The summed E-state index contributed by atoms with van der Waals surface area (Å²) in [5.74, 6) is -2.35. The number of hydrogen-bond donors (Lipinski definition) is 1. The van der Waals surface area contributed by atoms with Crippen molar-refractivity contribution in [2.75, 3.05) is 43.1 Å². The summed E-state index contributed by atoms with van der Waals surface area (Å²) in [6.45, 7) is 7.86. The van der Waals surface area contributed by atoms with Gasteiger partial charge in [0.05, 0.1) is 27.6 Å². The fraction of sp³-hybridized carbons (Fsp3) is 0.303. The lowest BCUT2D eigenvalue weighted by Gasteiger charge is -2.37. The summed E-state index contributed by atoms with van der Waals surface area (Å²) in [4.78, 5) is 34.3. The van der Waals surface area contributed by atoms with Crippen LogP contribution in [0.25, 0.3) is 27.7 Å². The van der Waals surface area contributed by atoms with Crippen LogP contribution in [0.15, 0.2) is 58.4 Å². The molecule has 1 aliphatic rings. The van der Waals surface area contributed by atoms with Gasteiger partial charge in [0.25, 0.3) is 5.56 Å². The summed E-state index contributed by atoms with van der Waals surface area (Å²) in [7, 11) is -4.25. The summed E-state index contributed by atoms with van der Waals surface area (Å²) < 4.78 is 60.6. The number of benzene rings is 2. The molecule has 1 saturated heterocycles. The molecule has 2 aromatic carbocycles. The topological polar surface area (TPSA) is 119 Å². The fourth-order valence-corrected chi connectivity index (χ4v) is 7.30. The number of sulfone groups is 1. The zero-order chi connectivity index (χ0) is 33.7. The number of hydrogen-bond acceptors (Lipinski definition) is 7. The third-order valence-electron chi connectivity index (χ3n) is 8.09. The maximum absolute atomic E-state index is 17.3. The van der Waals surface area contributed by atoms with Gasteiger partial charge < -0.3 is 15.5 Å². The molecule has 13 heteroatoms. The molecule has 2 N–H and O–H groups in total. The number of fused-ring (bicyclic) bond motifs is 1. The van der Waals surface area contributed by atoms with Gasteiger partial charge in [-0.3, -0.25) is 19.1 Å². The van der Waals surface area contributed by atoms with Crippen molar-refractivity contribution in [2.45, 2.75) is 38.5 Å². The summed E-state index contributed by atoms with van der Waals surface area (Å²) in [5.41, 5.74) is 5.20. The number of rotatable bonds is 6. The molecule has 242 valence electrons. The van der Waals surface area contributed by atoms with E-state index >= 15 is 8.78 Å². The van der Waals surface area contributed by atoms with E-state index in [1.54, 1.807) is 42.0 Å². The van der Waals surface area contributed by atoms with Crippen LogP contribution in [0.2, 0.25) is 5.02 Å². The van der Waals surface area contributed by atoms with E-state index in [0.717, 1.165) is 16.9 Å². The molecule has 4 aromatic rings. The van der Waals surface area contributed by atoms with Crippen LogP contribution in [0.1, 0.15) is 37.9 Å². The molecule has 9 nitrogen and oxygen atoms in total. The van der Waals surface area contributed by atoms with Gasteiger partial charge in [0, 0.05) is 60.8 Å². The number of aryl methyl sites for hydroxylation is 1. The van der Waals surface area contributed by atoms with E-state index in [4.69, 9.17) is 17.3 Å². The predicted octanol–water partition coefficient (Wildman–Crippen LogP) is 5.63.